The van der Waals surface area contributed by atoms with Crippen molar-refractivity contribution in [1.82, 2.24) is 4.90 Å². The molecule has 1 atom stereocenters. The summed E-state index contributed by atoms with van der Waals surface area (Å²) < 4.78 is 10.9. The van der Waals surface area contributed by atoms with Gasteiger partial charge in [0, 0.05) is 33.3 Å². The number of carbonyl (C=O) groups excluding carboxylic acids is 1. The Labute approximate surface area is 148 Å². The zero-order valence-electron chi connectivity index (χ0n) is 14.7. The molecule has 1 heterocycles. The van der Waals surface area contributed by atoms with Crippen LogP contribution in [0.4, 0.5) is 5.69 Å². The van der Waals surface area contributed by atoms with Crippen molar-refractivity contribution in [1.29, 1.82) is 0 Å². The fourth-order valence-electron chi connectivity index (χ4n) is 3.23. The summed E-state index contributed by atoms with van der Waals surface area (Å²) in [5.74, 6) is 0.884. The lowest BCUT2D eigenvalue weighted by molar-refractivity contribution is -0.142. The van der Waals surface area contributed by atoms with E-state index in [4.69, 9.17) is 9.47 Å². The molecule has 2 aromatic carbocycles. The molecule has 0 unspecified atom stereocenters. The summed E-state index contributed by atoms with van der Waals surface area (Å²) in [5.41, 5.74) is 1.96. The number of amides is 1. The number of para-hydroxylation sites is 2. The molecule has 132 valence electrons. The molecule has 1 fully saturated rings. The SMILES string of the molecule is COc1ccccc1N1CCN(C(=O)[C@H](OC)c2ccccc2)CC1. The minimum atomic E-state index is -0.543. The number of anilines is 1. The maximum absolute atomic E-state index is 12.9. The number of piperazine rings is 1. The highest BCUT2D eigenvalue weighted by molar-refractivity contribution is 5.82. The average molecular weight is 340 g/mol. The number of carbonyl (C=O) groups is 1. The van der Waals surface area contributed by atoms with Crippen LogP contribution in [0, 0.1) is 0 Å². The fraction of sp³-hybridized carbons (Fsp3) is 0.350. The lowest BCUT2D eigenvalue weighted by Crippen LogP contribution is -2.50. The maximum atomic E-state index is 12.9. The van der Waals surface area contributed by atoms with E-state index in [0.29, 0.717) is 13.1 Å². The van der Waals surface area contributed by atoms with E-state index in [9.17, 15) is 4.79 Å². The summed E-state index contributed by atoms with van der Waals surface area (Å²) in [4.78, 5) is 17.0. The van der Waals surface area contributed by atoms with Crippen LogP contribution in [0.3, 0.4) is 0 Å². The van der Waals surface area contributed by atoms with Crippen molar-refractivity contribution < 1.29 is 14.3 Å². The van der Waals surface area contributed by atoms with E-state index in [1.54, 1.807) is 14.2 Å². The second-order valence-corrected chi connectivity index (χ2v) is 6.01. The van der Waals surface area contributed by atoms with E-state index in [1.165, 1.54) is 0 Å². The molecular weight excluding hydrogens is 316 g/mol. The van der Waals surface area contributed by atoms with Crippen molar-refractivity contribution in [3.63, 3.8) is 0 Å². The Morgan fingerprint density at radius 1 is 0.920 bits per heavy atom. The van der Waals surface area contributed by atoms with Gasteiger partial charge in [-0.15, -0.1) is 0 Å². The molecule has 1 aliphatic rings. The van der Waals surface area contributed by atoms with Gasteiger partial charge in [-0.2, -0.15) is 0 Å². The first-order valence-corrected chi connectivity index (χ1v) is 8.49. The van der Waals surface area contributed by atoms with Gasteiger partial charge in [-0.1, -0.05) is 42.5 Å². The molecule has 5 heteroatoms. The topological polar surface area (TPSA) is 42.0 Å². The summed E-state index contributed by atoms with van der Waals surface area (Å²) in [6.07, 6.45) is -0.543. The second kappa shape index (κ2) is 8.03. The Bertz CT molecular complexity index is 697. The summed E-state index contributed by atoms with van der Waals surface area (Å²) in [6.45, 7) is 2.89. The van der Waals surface area contributed by atoms with Gasteiger partial charge in [0.25, 0.3) is 5.91 Å². The third-order valence-corrected chi connectivity index (χ3v) is 4.58. The van der Waals surface area contributed by atoms with Gasteiger partial charge >= 0.3 is 0 Å². The van der Waals surface area contributed by atoms with E-state index in [-0.39, 0.29) is 5.91 Å². The predicted molar refractivity (Wildman–Crippen MR) is 98.0 cm³/mol. The van der Waals surface area contributed by atoms with Crippen LogP contribution in [0.25, 0.3) is 0 Å². The van der Waals surface area contributed by atoms with E-state index in [2.05, 4.69) is 11.0 Å². The molecule has 0 saturated carbocycles. The first-order chi connectivity index (χ1) is 12.2. The summed E-state index contributed by atoms with van der Waals surface area (Å²) in [5, 5.41) is 0. The molecule has 25 heavy (non-hydrogen) atoms. The summed E-state index contributed by atoms with van der Waals surface area (Å²) in [7, 11) is 3.27. The Balaban J connectivity index is 1.66. The molecule has 2 aromatic rings. The smallest absolute Gasteiger partial charge is 0.256 e. The molecular formula is C20H24N2O3. The van der Waals surface area contributed by atoms with Gasteiger partial charge < -0.3 is 19.3 Å². The molecule has 0 aliphatic carbocycles. The lowest BCUT2D eigenvalue weighted by Gasteiger charge is -2.37. The number of rotatable bonds is 5. The van der Waals surface area contributed by atoms with Crippen molar-refractivity contribution in [2.75, 3.05) is 45.3 Å². The zero-order chi connectivity index (χ0) is 17.6. The third kappa shape index (κ3) is 3.77. The first kappa shape index (κ1) is 17.3. The highest BCUT2D eigenvalue weighted by Gasteiger charge is 2.29. The predicted octanol–water partition coefficient (Wildman–Crippen LogP) is 2.73. The molecule has 5 nitrogen and oxygen atoms in total. The summed E-state index contributed by atoms with van der Waals surface area (Å²) in [6, 6.07) is 17.6. The van der Waals surface area contributed by atoms with Gasteiger partial charge in [-0.3, -0.25) is 4.79 Å². The van der Waals surface area contributed by atoms with Gasteiger partial charge in [0.15, 0.2) is 6.10 Å². The highest BCUT2D eigenvalue weighted by atomic mass is 16.5. The highest BCUT2D eigenvalue weighted by Crippen LogP contribution is 2.29. The molecule has 3 rings (SSSR count). The molecule has 0 spiro atoms. The van der Waals surface area contributed by atoms with E-state index >= 15 is 0 Å². The van der Waals surface area contributed by atoms with Gasteiger partial charge in [0.05, 0.1) is 12.8 Å². The van der Waals surface area contributed by atoms with E-state index in [1.807, 2.05) is 53.4 Å². The van der Waals surface area contributed by atoms with Crippen LogP contribution in [-0.2, 0) is 9.53 Å². The van der Waals surface area contributed by atoms with Crippen molar-refractivity contribution in [2.45, 2.75) is 6.10 Å². The Hall–Kier alpha value is -2.53. The zero-order valence-corrected chi connectivity index (χ0v) is 14.7. The number of hydrogen-bond acceptors (Lipinski definition) is 4. The second-order valence-electron chi connectivity index (χ2n) is 6.01. The number of methoxy groups -OCH3 is 2. The van der Waals surface area contributed by atoms with Crippen LogP contribution in [0.2, 0.25) is 0 Å². The van der Waals surface area contributed by atoms with Gasteiger partial charge in [0.1, 0.15) is 5.75 Å². The van der Waals surface area contributed by atoms with Crippen LogP contribution < -0.4 is 9.64 Å². The van der Waals surface area contributed by atoms with Crippen LogP contribution in [0.15, 0.2) is 54.6 Å². The monoisotopic (exact) mass is 340 g/mol. The lowest BCUT2D eigenvalue weighted by atomic mass is 10.1. The minimum absolute atomic E-state index is 0.0216. The van der Waals surface area contributed by atoms with Crippen LogP contribution in [-0.4, -0.2) is 51.2 Å². The number of hydrogen-bond donors (Lipinski definition) is 0. The summed E-state index contributed by atoms with van der Waals surface area (Å²) >= 11 is 0. The van der Waals surface area contributed by atoms with Crippen LogP contribution in [0.1, 0.15) is 11.7 Å². The Morgan fingerprint density at radius 2 is 1.56 bits per heavy atom. The van der Waals surface area contributed by atoms with Gasteiger partial charge in [-0.25, -0.2) is 0 Å². The molecule has 1 amide bonds. The Kier molecular flexibility index (Phi) is 5.56. The van der Waals surface area contributed by atoms with E-state index < -0.39 is 6.10 Å². The first-order valence-electron chi connectivity index (χ1n) is 8.49. The minimum Gasteiger partial charge on any atom is -0.495 e. The molecule has 1 aliphatic heterocycles. The molecule has 0 radical (unpaired) electrons. The average Bonchev–Trinajstić information content (AvgIpc) is 2.69. The van der Waals surface area contributed by atoms with Crippen molar-refractivity contribution in [2.24, 2.45) is 0 Å². The van der Waals surface area contributed by atoms with Crippen molar-refractivity contribution >= 4 is 11.6 Å². The molecule has 0 N–H and O–H groups in total. The van der Waals surface area contributed by atoms with Gasteiger partial charge in [-0.05, 0) is 17.7 Å². The standard InChI is InChI=1S/C20H24N2O3/c1-24-18-11-7-6-10-17(18)21-12-14-22(15-13-21)20(23)19(25-2)16-8-4-3-5-9-16/h3-11,19H,12-15H2,1-2H3/t19-/m1/s1. The normalized spacial score (nSPS) is 15.8. The van der Waals surface area contributed by atoms with Crippen molar-refractivity contribution in [3.8, 4) is 5.75 Å². The maximum Gasteiger partial charge on any atom is 0.256 e. The van der Waals surface area contributed by atoms with Crippen LogP contribution >= 0.6 is 0 Å². The fourth-order valence-corrected chi connectivity index (χ4v) is 3.23. The van der Waals surface area contributed by atoms with Gasteiger partial charge in [0.2, 0.25) is 0 Å². The number of ether oxygens (including phenoxy) is 2. The quantitative estimate of drug-likeness (QED) is 0.839. The Morgan fingerprint density at radius 3 is 2.20 bits per heavy atom. The number of benzene rings is 2. The molecule has 0 bridgehead atoms. The largest absolute Gasteiger partial charge is 0.495 e. The molecule has 0 aromatic heterocycles. The van der Waals surface area contributed by atoms with Crippen LogP contribution in [0.5, 0.6) is 5.75 Å². The molecule has 1 saturated heterocycles. The third-order valence-electron chi connectivity index (χ3n) is 4.58. The number of nitrogens with zero attached hydrogens (tertiary/aromatic N) is 2. The van der Waals surface area contributed by atoms with Crippen molar-refractivity contribution in [3.05, 3.63) is 60.2 Å². The van der Waals surface area contributed by atoms with E-state index in [0.717, 1.165) is 30.1 Å².